The fraction of sp³-hybridized carbons (Fsp3) is 0. The molecule has 0 saturated heterocycles. The van der Waals surface area contributed by atoms with Crippen LogP contribution in [0.5, 0.6) is 0 Å². The maximum Gasteiger partial charge on any atom is 0.336 e. The minimum Gasteiger partial charge on any atom is -0.570 e. The van der Waals surface area contributed by atoms with E-state index in [1.165, 1.54) is 33.6 Å². The molecule has 0 unspecified atom stereocenters. The summed E-state index contributed by atoms with van der Waals surface area (Å²) in [6.45, 7) is 0. The number of anilines is 2. The van der Waals surface area contributed by atoms with E-state index < -0.39 is 0 Å². The van der Waals surface area contributed by atoms with Crippen LogP contribution < -0.4 is 5.73 Å². The number of benzene rings is 3. The fourth-order valence-electron chi connectivity index (χ4n) is 2.76. The number of hydrogen-bond donors (Lipinski definition) is 0. The van der Waals surface area contributed by atoms with Crippen molar-refractivity contribution in [2.24, 2.45) is 0 Å². The second-order valence-electron chi connectivity index (χ2n) is 6.46. The Hall–Kier alpha value is -0.610. The van der Waals surface area contributed by atoms with Crippen LogP contribution in [0.15, 0.2) is 72.8 Å². The molecule has 0 fully saturated rings. The van der Waals surface area contributed by atoms with Crippen molar-refractivity contribution in [2.45, 2.75) is 0 Å². The largest absolute Gasteiger partial charge is 0.570 e. The Morgan fingerprint density at radius 3 is 0.792 bits per heavy atom. The Bertz CT molecular complexity index is 727. The van der Waals surface area contributed by atoms with Crippen LogP contribution in [0.2, 0.25) is 0 Å². The van der Waals surface area contributed by atoms with Gasteiger partial charge in [-0.15, -0.1) is 0 Å². The highest BCUT2D eigenvalue weighted by molar-refractivity contribution is 6.42. The number of nitrogens with zero attached hydrogens (tertiary/aromatic N) is 2. The van der Waals surface area contributed by atoms with Gasteiger partial charge in [-0.1, -0.05) is 48.5 Å². The third kappa shape index (κ3) is 4.32. The molecule has 6 heteroatoms. The van der Waals surface area contributed by atoms with E-state index in [4.69, 9.17) is 0 Å². The highest BCUT2D eigenvalue weighted by atomic mass is 27.1. The molecule has 0 spiro atoms. The molecule has 0 saturated carbocycles. The van der Waals surface area contributed by atoms with Gasteiger partial charge in [0.1, 0.15) is 0 Å². The van der Waals surface area contributed by atoms with Gasteiger partial charge in [-0.2, -0.15) is 0 Å². The minimum atomic E-state index is 1.10. The van der Waals surface area contributed by atoms with Crippen molar-refractivity contribution in [2.75, 3.05) is 5.73 Å². The molecule has 3 aromatic rings. The lowest BCUT2D eigenvalue weighted by molar-refractivity contribution is 1.54. The van der Waals surface area contributed by atoms with Crippen LogP contribution in [0, 0.1) is 0 Å². The first-order valence-corrected chi connectivity index (χ1v) is 11.8. The number of rotatable bonds is 4. The van der Waals surface area contributed by atoms with Gasteiger partial charge in [0.25, 0.3) is 0 Å². The molecule has 0 aromatic heterocycles. The van der Waals surface area contributed by atoms with Crippen LogP contribution in [0.1, 0.15) is 0 Å². The molecule has 0 amide bonds. The Morgan fingerprint density at radius 2 is 0.583 bits per heavy atom. The Kier molecular flexibility index (Phi) is 6.20. The van der Waals surface area contributed by atoms with Crippen LogP contribution in [-0.2, 0) is 0 Å². The molecule has 0 heterocycles. The van der Waals surface area contributed by atoms with Crippen molar-refractivity contribution >= 4 is 77.4 Å². The van der Waals surface area contributed by atoms with E-state index in [0.717, 1.165) is 66.0 Å². The molecule has 0 N–H and O–H groups in total. The highest BCUT2D eigenvalue weighted by Crippen LogP contribution is 2.27. The van der Waals surface area contributed by atoms with Crippen molar-refractivity contribution in [1.29, 1.82) is 0 Å². The third-order valence-corrected chi connectivity index (χ3v) is 6.38. The monoisotopic (exact) mass is 372 g/mol. The molecular formula is C18H20Al4N2. The van der Waals surface area contributed by atoms with Gasteiger partial charge in [-0.3, -0.25) is 0 Å². The normalized spacial score (nSPS) is 10.3. The van der Waals surface area contributed by atoms with Crippen LogP contribution in [0.3, 0.4) is 0 Å². The SMILES string of the molecule is [AlH2][N]([AlH2])c1ccc(-c2ccc(-c3ccc([N]([AlH2])[AlH2])cc3)cc2)cc1. The zero-order valence-corrected chi connectivity index (χ0v) is 22.8. The second kappa shape index (κ2) is 8.18. The van der Waals surface area contributed by atoms with E-state index in [0.29, 0.717) is 0 Å². The van der Waals surface area contributed by atoms with Crippen LogP contribution >= 0.6 is 0 Å². The first kappa shape index (κ1) is 18.2. The van der Waals surface area contributed by atoms with Crippen molar-refractivity contribution in [1.82, 2.24) is 0 Å². The van der Waals surface area contributed by atoms with Crippen molar-refractivity contribution in [3.8, 4) is 22.3 Å². The zero-order valence-electron chi connectivity index (χ0n) is 14.8. The van der Waals surface area contributed by atoms with Gasteiger partial charge in [-0.05, 0) is 57.9 Å². The van der Waals surface area contributed by atoms with Crippen molar-refractivity contribution in [3.63, 3.8) is 0 Å². The van der Waals surface area contributed by atoms with Crippen LogP contribution in [0.25, 0.3) is 22.3 Å². The summed E-state index contributed by atoms with van der Waals surface area (Å²) in [5, 5.41) is 0. The molecule has 3 aromatic carbocycles. The summed E-state index contributed by atoms with van der Waals surface area (Å²) in [6, 6.07) is 26.7. The predicted molar refractivity (Wildman–Crippen MR) is 116 cm³/mol. The summed E-state index contributed by atoms with van der Waals surface area (Å²) in [5.74, 6) is 0. The topological polar surface area (TPSA) is 6.48 Å². The van der Waals surface area contributed by atoms with Gasteiger partial charge in [0.05, 0.1) is 0 Å². The molecule has 2 nitrogen and oxygen atoms in total. The smallest absolute Gasteiger partial charge is 0.336 e. The number of hydrogen-bond acceptors (Lipinski definition) is 2. The summed E-state index contributed by atoms with van der Waals surface area (Å²) in [7, 11) is 0. The highest BCUT2D eigenvalue weighted by Gasteiger charge is 2.02. The van der Waals surface area contributed by atoms with Crippen LogP contribution in [0.4, 0.5) is 11.4 Å². The van der Waals surface area contributed by atoms with Gasteiger partial charge < -0.3 is 5.73 Å². The average molecular weight is 372 g/mol. The molecule has 0 aliphatic rings. The maximum absolute atomic E-state index is 2.40. The standard InChI is InChI=1S/C18H12N2.4Al.8H/c19-17-9-5-15(6-10-17)13-1-2-14(4-3-13)16-7-11-18(20)12-8-16;;;;;;;;;;;;/h1-12H;;;;;;;;;;;;. The van der Waals surface area contributed by atoms with E-state index in [1.807, 2.05) is 0 Å². The third-order valence-electron chi connectivity index (χ3n) is 4.32. The zero-order chi connectivity index (χ0) is 17.1. The van der Waals surface area contributed by atoms with Gasteiger partial charge >= 0.3 is 66.0 Å². The summed E-state index contributed by atoms with van der Waals surface area (Å²) in [5.41, 5.74) is 7.82. The summed E-state index contributed by atoms with van der Waals surface area (Å²) in [4.78, 5) is 0. The molecule has 114 valence electrons. The molecule has 0 atom stereocenters. The predicted octanol–water partition coefficient (Wildman–Crippen LogP) is 0.826. The van der Waals surface area contributed by atoms with E-state index in [-0.39, 0.29) is 0 Å². The molecular weight excluding hydrogens is 352 g/mol. The van der Waals surface area contributed by atoms with Crippen molar-refractivity contribution < 1.29 is 0 Å². The Morgan fingerprint density at radius 1 is 0.375 bits per heavy atom. The second-order valence-corrected chi connectivity index (χ2v) is 15.4. The maximum atomic E-state index is 2.40. The van der Waals surface area contributed by atoms with Gasteiger partial charge in [0.2, 0.25) is 0 Å². The lowest BCUT2D eigenvalue weighted by Crippen LogP contribution is -2.13. The first-order valence-electron chi connectivity index (χ1n) is 8.20. The fourth-order valence-corrected chi connectivity index (χ4v) is 3.95. The molecule has 24 heavy (non-hydrogen) atoms. The summed E-state index contributed by atoms with van der Waals surface area (Å²) < 4.78 is 4.80. The minimum absolute atomic E-state index is 1.10. The molecule has 0 aliphatic heterocycles. The Balaban J connectivity index is 1.82. The van der Waals surface area contributed by atoms with E-state index in [2.05, 4.69) is 78.5 Å². The van der Waals surface area contributed by atoms with Gasteiger partial charge in [0, 0.05) is 0 Å². The first-order chi connectivity index (χ1) is 11.5. The van der Waals surface area contributed by atoms with E-state index in [9.17, 15) is 0 Å². The molecule has 0 radical (unpaired) electrons. The van der Waals surface area contributed by atoms with E-state index in [1.54, 1.807) is 0 Å². The Labute approximate surface area is 177 Å². The lowest BCUT2D eigenvalue weighted by Gasteiger charge is -2.16. The summed E-state index contributed by atoms with van der Waals surface area (Å²) >= 11 is 4.41. The quantitative estimate of drug-likeness (QED) is 0.626. The average Bonchev–Trinajstić information content (AvgIpc) is 2.62. The van der Waals surface area contributed by atoms with Crippen LogP contribution in [-0.4, -0.2) is 66.0 Å². The van der Waals surface area contributed by atoms with Gasteiger partial charge in [0.15, 0.2) is 0 Å². The van der Waals surface area contributed by atoms with Gasteiger partial charge in [-0.25, -0.2) is 0 Å². The van der Waals surface area contributed by atoms with E-state index >= 15 is 0 Å². The molecule has 0 aliphatic carbocycles. The molecule has 3 rings (SSSR count). The summed E-state index contributed by atoms with van der Waals surface area (Å²) in [6.07, 6.45) is 0. The van der Waals surface area contributed by atoms with Crippen molar-refractivity contribution in [3.05, 3.63) is 72.8 Å². The lowest BCUT2D eigenvalue weighted by atomic mass is 10.00. The molecule has 0 bridgehead atoms.